The molecule has 0 fully saturated rings. The van der Waals surface area contributed by atoms with Gasteiger partial charge < -0.3 is 4.18 Å². The number of carbonyl (C=O) groups is 1. The summed E-state index contributed by atoms with van der Waals surface area (Å²) in [6.07, 6.45) is 0. The number of carbonyl (C=O) groups excluding carboxylic acids is 1. The Hall–Kier alpha value is -1.23. The highest BCUT2D eigenvalue weighted by Gasteiger charge is 2.10. The number of benzene rings is 1. The van der Waals surface area contributed by atoms with Crippen molar-refractivity contribution in [1.29, 1.82) is 0 Å². The molecule has 0 saturated carbocycles. The van der Waals surface area contributed by atoms with E-state index in [0.717, 1.165) is 0 Å². The van der Waals surface area contributed by atoms with E-state index in [0.29, 0.717) is 0 Å². The van der Waals surface area contributed by atoms with Gasteiger partial charge in [-0.3, -0.25) is 0 Å². The molecule has 0 spiro atoms. The molecule has 5 heteroatoms. The largest absolute Gasteiger partial charge is 0.391 e. The summed E-state index contributed by atoms with van der Waals surface area (Å²) in [5.41, 5.74) is 1.55. The van der Waals surface area contributed by atoms with Crippen molar-refractivity contribution in [1.82, 2.24) is 0 Å². The van der Waals surface area contributed by atoms with Crippen molar-refractivity contribution in [3.8, 4) is 0 Å². The molecule has 12 heavy (non-hydrogen) atoms. The molecule has 0 amide bonds. The Morgan fingerprint density at radius 3 is 2.75 bits per heavy atom. The van der Waals surface area contributed by atoms with Crippen LogP contribution in [0.4, 0.5) is 10.2 Å². The van der Waals surface area contributed by atoms with Crippen LogP contribution in [0.5, 0.6) is 0 Å². The van der Waals surface area contributed by atoms with Crippen LogP contribution < -0.4 is 5.54 Å². The zero-order chi connectivity index (χ0) is 8.97. The molecule has 0 aromatic heterocycles. The summed E-state index contributed by atoms with van der Waals surface area (Å²) < 4.78 is 16.1. The molecule has 1 rings (SSSR count). The fourth-order valence-corrected chi connectivity index (χ4v) is 0.891. The minimum atomic E-state index is -0.695. The lowest BCUT2D eigenvalue weighted by atomic mass is 10.2. The van der Waals surface area contributed by atoms with E-state index < -0.39 is 5.97 Å². The van der Waals surface area contributed by atoms with E-state index >= 15 is 0 Å². The van der Waals surface area contributed by atoms with Crippen molar-refractivity contribution >= 4 is 24.6 Å². The van der Waals surface area contributed by atoms with Crippen molar-refractivity contribution in [3.63, 3.8) is 0 Å². The summed E-state index contributed by atoms with van der Waals surface area (Å²) in [6.45, 7) is 0. The molecule has 64 valence electrons. The van der Waals surface area contributed by atoms with Gasteiger partial charge in [-0.2, -0.15) is 0 Å². The molecule has 0 unspecified atom stereocenters. The first kappa shape index (κ1) is 8.86. The summed E-state index contributed by atoms with van der Waals surface area (Å²) in [5, 5.41) is 0. The Balaban J connectivity index is 3.04. The van der Waals surface area contributed by atoms with Gasteiger partial charge in [0.25, 0.3) is 0 Å². The van der Waals surface area contributed by atoms with Gasteiger partial charge in [0.1, 0.15) is 0 Å². The Morgan fingerprint density at radius 1 is 1.50 bits per heavy atom. The molecule has 0 radical (unpaired) electrons. The summed E-state index contributed by atoms with van der Waals surface area (Å²) in [4.78, 5) is 10.9. The highest BCUT2D eigenvalue weighted by atomic mass is 32.1. The van der Waals surface area contributed by atoms with Crippen LogP contribution in [0, 0.1) is 0 Å². The quantitative estimate of drug-likeness (QED) is 0.422. The highest BCUT2D eigenvalue weighted by molar-refractivity contribution is 7.75. The zero-order valence-corrected chi connectivity index (χ0v) is 6.85. The average molecular weight is 187 g/mol. The zero-order valence-electron chi connectivity index (χ0n) is 5.95. The molecular weight excluding hydrogens is 181 g/mol. The van der Waals surface area contributed by atoms with E-state index in [1.54, 1.807) is 12.1 Å². The van der Waals surface area contributed by atoms with Crippen LogP contribution in [0.2, 0.25) is 0 Å². The van der Waals surface area contributed by atoms with Crippen LogP contribution in [-0.4, -0.2) is 5.97 Å². The van der Waals surface area contributed by atoms with E-state index in [-0.39, 0.29) is 11.3 Å². The van der Waals surface area contributed by atoms with Crippen LogP contribution in [0.15, 0.2) is 24.3 Å². The number of thiol groups is 1. The number of hydrogen-bond donors (Lipinski definition) is 2. The fourth-order valence-electron chi connectivity index (χ4n) is 0.793. The smallest absolute Gasteiger partial charge is 0.352 e. The summed E-state index contributed by atoms with van der Waals surface area (Å²) >= 11 is 3.31. The van der Waals surface area contributed by atoms with Crippen molar-refractivity contribution in [2.45, 2.75) is 0 Å². The lowest BCUT2D eigenvalue weighted by Gasteiger charge is -2.02. The van der Waals surface area contributed by atoms with Crippen LogP contribution >= 0.6 is 12.9 Å². The molecule has 0 heterocycles. The first-order valence-corrected chi connectivity index (χ1v) is 3.47. The third kappa shape index (κ3) is 1.68. The van der Waals surface area contributed by atoms with Crippen LogP contribution in [0.3, 0.4) is 0 Å². The van der Waals surface area contributed by atoms with Crippen molar-refractivity contribution in [2.75, 3.05) is 5.54 Å². The van der Waals surface area contributed by atoms with Gasteiger partial charge in [0.2, 0.25) is 0 Å². The number of anilines is 1. The van der Waals surface area contributed by atoms with Crippen molar-refractivity contribution < 1.29 is 13.5 Å². The molecule has 0 atom stereocenters. The van der Waals surface area contributed by atoms with Gasteiger partial charge >= 0.3 is 5.97 Å². The third-order valence-corrected chi connectivity index (χ3v) is 1.50. The topological polar surface area (TPSA) is 38.3 Å². The molecule has 3 nitrogen and oxygen atoms in total. The summed E-state index contributed by atoms with van der Waals surface area (Å²) in [7, 11) is 0. The Morgan fingerprint density at radius 2 is 2.17 bits per heavy atom. The summed E-state index contributed by atoms with van der Waals surface area (Å²) in [5.74, 6) is -0.695. The number of hydrogen-bond acceptors (Lipinski definition) is 4. The van der Waals surface area contributed by atoms with Crippen LogP contribution in [0.25, 0.3) is 0 Å². The van der Waals surface area contributed by atoms with Crippen LogP contribution in [-0.2, 0) is 4.18 Å². The van der Waals surface area contributed by atoms with Crippen molar-refractivity contribution in [3.05, 3.63) is 29.8 Å². The maximum absolute atomic E-state index is 12.0. The maximum atomic E-state index is 12.0. The first-order chi connectivity index (χ1) is 5.79. The number of nitrogens with one attached hydrogen (secondary N) is 1. The molecule has 0 aliphatic rings. The molecule has 1 aromatic rings. The number of halogens is 1. The predicted molar refractivity (Wildman–Crippen MR) is 45.6 cm³/mol. The van der Waals surface area contributed by atoms with E-state index in [2.05, 4.69) is 17.1 Å². The molecule has 1 N–H and O–H groups in total. The van der Waals surface area contributed by atoms with Crippen molar-refractivity contribution in [2.24, 2.45) is 0 Å². The monoisotopic (exact) mass is 187 g/mol. The van der Waals surface area contributed by atoms with Gasteiger partial charge in [0.15, 0.2) is 0 Å². The van der Waals surface area contributed by atoms with E-state index in [1.165, 1.54) is 17.7 Å². The molecule has 1 aromatic carbocycles. The molecule has 0 aliphatic carbocycles. The Bertz CT molecular complexity index is 292. The fraction of sp³-hybridized carbons (Fsp3) is 0. The minimum Gasteiger partial charge on any atom is -0.391 e. The molecule has 0 aliphatic heterocycles. The van der Waals surface area contributed by atoms with Gasteiger partial charge in [0.05, 0.1) is 11.3 Å². The molecule has 0 bridgehead atoms. The number of rotatable bonds is 2. The number of para-hydroxylation sites is 1. The van der Waals surface area contributed by atoms with Gasteiger partial charge in [-0.05, 0) is 12.1 Å². The second-order valence-corrected chi connectivity index (χ2v) is 2.20. The van der Waals surface area contributed by atoms with Gasteiger partial charge in [-0.1, -0.05) is 12.1 Å². The van der Waals surface area contributed by atoms with E-state index in [1.807, 2.05) is 0 Å². The Kier molecular flexibility index (Phi) is 2.93. The highest BCUT2D eigenvalue weighted by Crippen LogP contribution is 2.16. The lowest BCUT2D eigenvalue weighted by Crippen LogP contribution is -2.01. The second-order valence-electron chi connectivity index (χ2n) is 2.02. The maximum Gasteiger partial charge on any atom is 0.352 e. The molecular formula is C7H6FNO2S. The predicted octanol–water partition coefficient (Wildman–Crippen LogP) is 1.98. The standard InChI is InChI=1S/C7H6FNO2S/c8-9-6-4-2-1-3-5(6)7(10)11-12/h1-4,9,12H. The third-order valence-electron chi connectivity index (χ3n) is 1.33. The average Bonchev–Trinajstić information content (AvgIpc) is 2.16. The Labute approximate surface area is 74.1 Å². The molecule has 0 saturated heterocycles. The first-order valence-electron chi connectivity index (χ1n) is 3.11. The normalized spacial score (nSPS) is 9.17. The van der Waals surface area contributed by atoms with E-state index in [4.69, 9.17) is 0 Å². The van der Waals surface area contributed by atoms with Gasteiger partial charge in [-0.25, -0.2) is 10.3 Å². The van der Waals surface area contributed by atoms with Gasteiger partial charge in [0, 0.05) is 12.9 Å². The van der Waals surface area contributed by atoms with Crippen LogP contribution in [0.1, 0.15) is 10.4 Å². The minimum absolute atomic E-state index is 0.0663. The summed E-state index contributed by atoms with van der Waals surface area (Å²) in [6, 6.07) is 6.04. The SMILES string of the molecule is O=C(OS)c1ccccc1NF. The van der Waals surface area contributed by atoms with Gasteiger partial charge in [-0.15, -0.1) is 4.48 Å². The van der Waals surface area contributed by atoms with E-state index in [9.17, 15) is 9.28 Å². The lowest BCUT2D eigenvalue weighted by molar-refractivity contribution is 0.0773. The second kappa shape index (κ2) is 3.96.